The molecule has 6 heteroatoms. The van der Waals surface area contributed by atoms with Crippen LogP contribution in [0.1, 0.15) is 15.9 Å². The summed E-state index contributed by atoms with van der Waals surface area (Å²) in [7, 11) is 0. The van der Waals surface area contributed by atoms with E-state index in [1.54, 1.807) is 0 Å². The first-order valence-corrected chi connectivity index (χ1v) is 3.61. The van der Waals surface area contributed by atoms with Crippen molar-refractivity contribution >= 4 is 11.7 Å². The maximum absolute atomic E-state index is 13.0. The fourth-order valence-electron chi connectivity index (χ4n) is 0.992. The number of non-ortho nitro benzene ring substituents is 1. The van der Waals surface area contributed by atoms with Gasteiger partial charge in [-0.15, -0.1) is 0 Å². The summed E-state index contributed by atoms with van der Waals surface area (Å²) in [6.07, 6.45) is 0. The van der Waals surface area contributed by atoms with E-state index in [2.05, 4.69) is 0 Å². The number of nitro benzene ring substituents is 1. The number of halogens is 1. The summed E-state index contributed by atoms with van der Waals surface area (Å²) in [6, 6.07) is 1.53. The van der Waals surface area contributed by atoms with Crippen LogP contribution in [0.3, 0.4) is 0 Å². The molecule has 0 heterocycles. The van der Waals surface area contributed by atoms with Crippen LogP contribution in [0.4, 0.5) is 10.1 Å². The minimum absolute atomic E-state index is 0.108. The Morgan fingerprint density at radius 1 is 1.57 bits per heavy atom. The van der Waals surface area contributed by atoms with E-state index in [9.17, 15) is 19.3 Å². The van der Waals surface area contributed by atoms with Gasteiger partial charge in [0.25, 0.3) is 5.69 Å². The van der Waals surface area contributed by atoms with Crippen molar-refractivity contribution < 1.29 is 19.2 Å². The van der Waals surface area contributed by atoms with E-state index in [1.807, 2.05) is 0 Å². The van der Waals surface area contributed by atoms with Crippen LogP contribution in [0.2, 0.25) is 0 Å². The van der Waals surface area contributed by atoms with Gasteiger partial charge in [-0.05, 0) is 12.5 Å². The fourth-order valence-corrected chi connectivity index (χ4v) is 0.992. The molecule has 1 rings (SSSR count). The van der Waals surface area contributed by atoms with Crippen molar-refractivity contribution in [1.82, 2.24) is 0 Å². The van der Waals surface area contributed by atoms with Gasteiger partial charge in [-0.2, -0.15) is 0 Å². The number of benzene rings is 1. The number of hydrogen-bond acceptors (Lipinski definition) is 3. The van der Waals surface area contributed by atoms with Crippen molar-refractivity contribution in [1.29, 1.82) is 0 Å². The van der Waals surface area contributed by atoms with Gasteiger partial charge in [0.1, 0.15) is 5.82 Å². The first kappa shape index (κ1) is 10.1. The highest BCUT2D eigenvalue weighted by Gasteiger charge is 2.17. The summed E-state index contributed by atoms with van der Waals surface area (Å²) in [5.41, 5.74) is -1.06. The van der Waals surface area contributed by atoms with Crippen LogP contribution in [0.15, 0.2) is 12.1 Å². The van der Waals surface area contributed by atoms with Gasteiger partial charge in [0.15, 0.2) is 0 Å². The lowest BCUT2D eigenvalue weighted by molar-refractivity contribution is -0.385. The van der Waals surface area contributed by atoms with Crippen LogP contribution in [0, 0.1) is 22.9 Å². The quantitative estimate of drug-likeness (QED) is 0.581. The highest BCUT2D eigenvalue weighted by atomic mass is 19.1. The highest BCUT2D eigenvalue weighted by molar-refractivity contribution is 5.90. The molecule has 14 heavy (non-hydrogen) atoms. The van der Waals surface area contributed by atoms with Gasteiger partial charge >= 0.3 is 5.97 Å². The predicted octanol–water partition coefficient (Wildman–Crippen LogP) is 1.74. The molecule has 0 amide bonds. The van der Waals surface area contributed by atoms with Crippen molar-refractivity contribution in [3.05, 3.63) is 39.2 Å². The third kappa shape index (κ3) is 1.68. The molecule has 0 saturated carbocycles. The summed E-state index contributed by atoms with van der Waals surface area (Å²) in [6.45, 7) is 1.25. The second-order valence-electron chi connectivity index (χ2n) is 2.66. The van der Waals surface area contributed by atoms with Crippen molar-refractivity contribution in [2.45, 2.75) is 6.92 Å². The largest absolute Gasteiger partial charge is 0.478 e. The Morgan fingerprint density at radius 2 is 2.14 bits per heavy atom. The monoisotopic (exact) mass is 199 g/mol. The third-order valence-electron chi connectivity index (χ3n) is 1.77. The number of hydrogen-bond donors (Lipinski definition) is 1. The zero-order valence-electron chi connectivity index (χ0n) is 7.15. The molecule has 1 aromatic carbocycles. The Labute approximate surface area is 77.9 Å². The first-order chi connectivity index (χ1) is 6.43. The predicted molar refractivity (Wildman–Crippen MR) is 44.8 cm³/mol. The summed E-state index contributed by atoms with van der Waals surface area (Å²) in [5.74, 6) is -2.28. The normalized spacial score (nSPS) is 9.86. The number of carboxylic acids is 1. The Bertz CT molecular complexity index is 416. The summed E-state index contributed by atoms with van der Waals surface area (Å²) < 4.78 is 13.0. The highest BCUT2D eigenvalue weighted by Crippen LogP contribution is 2.20. The molecule has 0 fully saturated rings. The Kier molecular flexibility index (Phi) is 2.46. The first-order valence-electron chi connectivity index (χ1n) is 3.61. The third-order valence-corrected chi connectivity index (χ3v) is 1.77. The van der Waals surface area contributed by atoms with Crippen molar-refractivity contribution in [3.63, 3.8) is 0 Å². The van der Waals surface area contributed by atoms with Gasteiger partial charge in [0.2, 0.25) is 0 Å². The number of aromatic carboxylic acids is 1. The van der Waals surface area contributed by atoms with Crippen LogP contribution in [-0.4, -0.2) is 16.0 Å². The number of nitro groups is 1. The molecule has 0 saturated heterocycles. The van der Waals surface area contributed by atoms with Crippen LogP contribution in [-0.2, 0) is 0 Å². The molecule has 0 aliphatic rings. The number of carboxylic acid groups (broad SMARTS) is 1. The Morgan fingerprint density at radius 3 is 2.57 bits per heavy atom. The van der Waals surface area contributed by atoms with E-state index in [0.717, 1.165) is 6.07 Å². The lowest BCUT2D eigenvalue weighted by Crippen LogP contribution is -2.03. The Balaban J connectivity index is 3.43. The Hall–Kier alpha value is -1.98. The molecule has 5 nitrogen and oxygen atoms in total. The van der Waals surface area contributed by atoms with E-state index in [0.29, 0.717) is 6.07 Å². The molecule has 0 bridgehead atoms. The maximum atomic E-state index is 13.0. The molecule has 0 aliphatic heterocycles. The molecular formula is C8H6FNO4. The zero-order chi connectivity index (χ0) is 10.9. The molecule has 0 atom stereocenters. The van der Waals surface area contributed by atoms with E-state index < -0.39 is 28.0 Å². The minimum atomic E-state index is -1.38. The zero-order valence-corrected chi connectivity index (χ0v) is 7.15. The summed E-state index contributed by atoms with van der Waals surface area (Å²) in [4.78, 5) is 20.0. The average molecular weight is 199 g/mol. The van der Waals surface area contributed by atoms with Crippen LogP contribution in [0.5, 0.6) is 0 Å². The van der Waals surface area contributed by atoms with Crippen LogP contribution >= 0.6 is 0 Å². The molecule has 0 aliphatic carbocycles. The standard InChI is InChI=1S/C8H6FNO4/c1-4-6(8(11)12)2-5(10(13)14)3-7(4)9/h2-3H,1H3,(H,11,12). The van der Waals surface area contributed by atoms with E-state index in [1.165, 1.54) is 6.92 Å². The topological polar surface area (TPSA) is 80.4 Å². The van der Waals surface area contributed by atoms with Gasteiger partial charge in [0, 0.05) is 6.07 Å². The van der Waals surface area contributed by atoms with Crippen molar-refractivity contribution in [2.24, 2.45) is 0 Å². The lowest BCUT2D eigenvalue weighted by Gasteiger charge is -2.01. The molecule has 0 aromatic heterocycles. The molecule has 1 N–H and O–H groups in total. The maximum Gasteiger partial charge on any atom is 0.336 e. The van der Waals surface area contributed by atoms with Gasteiger partial charge in [0.05, 0.1) is 16.6 Å². The second-order valence-corrected chi connectivity index (χ2v) is 2.66. The molecule has 1 aromatic rings. The van der Waals surface area contributed by atoms with Gasteiger partial charge < -0.3 is 5.11 Å². The molecule has 0 radical (unpaired) electrons. The molecule has 74 valence electrons. The fraction of sp³-hybridized carbons (Fsp3) is 0.125. The number of nitrogens with zero attached hydrogens (tertiary/aromatic N) is 1. The van der Waals surface area contributed by atoms with Gasteiger partial charge in [-0.25, -0.2) is 9.18 Å². The van der Waals surface area contributed by atoms with E-state index in [4.69, 9.17) is 5.11 Å². The number of carbonyl (C=O) groups is 1. The second kappa shape index (κ2) is 3.41. The van der Waals surface area contributed by atoms with Crippen LogP contribution in [0.25, 0.3) is 0 Å². The van der Waals surface area contributed by atoms with E-state index in [-0.39, 0.29) is 5.56 Å². The molecule has 0 unspecified atom stereocenters. The SMILES string of the molecule is Cc1c(F)cc([N+](=O)[O-])cc1C(=O)O. The minimum Gasteiger partial charge on any atom is -0.478 e. The van der Waals surface area contributed by atoms with Gasteiger partial charge in [-0.3, -0.25) is 10.1 Å². The van der Waals surface area contributed by atoms with Gasteiger partial charge in [-0.1, -0.05) is 0 Å². The smallest absolute Gasteiger partial charge is 0.336 e. The summed E-state index contributed by atoms with van der Waals surface area (Å²) in [5, 5.41) is 18.9. The van der Waals surface area contributed by atoms with E-state index >= 15 is 0 Å². The molecule has 0 spiro atoms. The van der Waals surface area contributed by atoms with Crippen LogP contribution < -0.4 is 0 Å². The lowest BCUT2D eigenvalue weighted by atomic mass is 10.1. The van der Waals surface area contributed by atoms with Crippen molar-refractivity contribution in [2.75, 3.05) is 0 Å². The summed E-state index contributed by atoms with van der Waals surface area (Å²) >= 11 is 0. The number of rotatable bonds is 2. The average Bonchev–Trinajstić information content (AvgIpc) is 2.08. The molecular weight excluding hydrogens is 193 g/mol. The van der Waals surface area contributed by atoms with Crippen molar-refractivity contribution in [3.8, 4) is 0 Å².